The van der Waals surface area contributed by atoms with Crippen LogP contribution < -0.4 is 5.73 Å². The van der Waals surface area contributed by atoms with Crippen molar-refractivity contribution in [1.29, 1.82) is 0 Å². The number of carbonyl (C=O) groups excluding carboxylic acids is 1. The molecule has 1 aliphatic heterocycles. The number of benzene rings is 2. The molecule has 5 nitrogen and oxygen atoms in total. The van der Waals surface area contributed by atoms with Crippen LogP contribution >= 0.6 is 0 Å². The fourth-order valence-corrected chi connectivity index (χ4v) is 4.38. The van der Waals surface area contributed by atoms with E-state index in [4.69, 9.17) is 5.73 Å². The molecule has 0 radical (unpaired) electrons. The van der Waals surface area contributed by atoms with Crippen molar-refractivity contribution in [2.45, 2.75) is 38.6 Å². The van der Waals surface area contributed by atoms with Crippen molar-refractivity contribution in [3.05, 3.63) is 82.7 Å². The van der Waals surface area contributed by atoms with E-state index in [2.05, 4.69) is 35.3 Å². The van der Waals surface area contributed by atoms with E-state index in [1.54, 1.807) is 0 Å². The summed E-state index contributed by atoms with van der Waals surface area (Å²) in [6.45, 7) is 5.24. The smallest absolute Gasteiger partial charge is 0.167 e. The molecule has 0 aliphatic carbocycles. The van der Waals surface area contributed by atoms with Crippen LogP contribution in [-0.4, -0.2) is 33.6 Å². The number of Topliss-reactive ketones (excluding diaryl/α,β-unsaturated/α-hetero) is 1. The highest BCUT2D eigenvalue weighted by atomic mass is 16.1. The molecular weight excluding hydrogens is 372 g/mol. The first kappa shape index (κ1) is 20.4. The first-order valence-electron chi connectivity index (χ1n) is 10.7. The van der Waals surface area contributed by atoms with Crippen molar-refractivity contribution in [2.24, 2.45) is 7.05 Å². The molecule has 1 aromatic heterocycles. The van der Waals surface area contributed by atoms with Crippen molar-refractivity contribution in [3.63, 3.8) is 0 Å². The van der Waals surface area contributed by atoms with Gasteiger partial charge in [-0.15, -0.1) is 0 Å². The van der Waals surface area contributed by atoms with E-state index in [9.17, 15) is 4.79 Å². The lowest BCUT2D eigenvalue weighted by molar-refractivity contribution is 0.0993. The molecule has 30 heavy (non-hydrogen) atoms. The van der Waals surface area contributed by atoms with Gasteiger partial charge < -0.3 is 5.73 Å². The maximum absolute atomic E-state index is 12.6. The van der Waals surface area contributed by atoms with Gasteiger partial charge in [0.25, 0.3) is 0 Å². The molecule has 1 saturated heterocycles. The number of piperidine rings is 1. The van der Waals surface area contributed by atoms with Crippen LogP contribution in [0.3, 0.4) is 0 Å². The lowest BCUT2D eigenvalue weighted by atomic mass is 9.88. The minimum atomic E-state index is 0.112. The number of para-hydroxylation sites is 1. The molecule has 0 saturated carbocycles. The summed E-state index contributed by atoms with van der Waals surface area (Å²) in [5.41, 5.74) is 12.1. The minimum absolute atomic E-state index is 0.112. The fraction of sp³-hybridized carbons (Fsp3) is 0.360. The summed E-state index contributed by atoms with van der Waals surface area (Å²) >= 11 is 0. The molecule has 1 fully saturated rings. The summed E-state index contributed by atoms with van der Waals surface area (Å²) < 4.78 is 1.90. The van der Waals surface area contributed by atoms with Gasteiger partial charge in [0, 0.05) is 43.0 Å². The average molecular weight is 403 g/mol. The van der Waals surface area contributed by atoms with E-state index < -0.39 is 0 Å². The van der Waals surface area contributed by atoms with Crippen molar-refractivity contribution in [1.82, 2.24) is 14.7 Å². The number of carbonyl (C=O) groups is 1. The zero-order chi connectivity index (χ0) is 21.1. The van der Waals surface area contributed by atoms with Gasteiger partial charge >= 0.3 is 0 Å². The van der Waals surface area contributed by atoms with Crippen molar-refractivity contribution < 1.29 is 4.79 Å². The zero-order valence-corrected chi connectivity index (χ0v) is 17.8. The summed E-state index contributed by atoms with van der Waals surface area (Å²) in [7, 11) is 1.98. The van der Waals surface area contributed by atoms with Crippen molar-refractivity contribution in [3.8, 4) is 0 Å². The maximum atomic E-state index is 12.6. The van der Waals surface area contributed by atoms with Gasteiger partial charge in [0.15, 0.2) is 5.78 Å². The SMILES string of the molecule is Cc1nn(C)cc1CN1CCC(c2ccc(C(=O)Cc3ccccc3N)cc2)CC1. The van der Waals surface area contributed by atoms with Crippen LogP contribution in [-0.2, 0) is 20.0 Å². The number of nitrogens with zero attached hydrogens (tertiary/aromatic N) is 3. The van der Waals surface area contributed by atoms with Gasteiger partial charge in [-0.25, -0.2) is 0 Å². The van der Waals surface area contributed by atoms with Crippen molar-refractivity contribution >= 4 is 11.5 Å². The number of aryl methyl sites for hydroxylation is 2. The molecule has 156 valence electrons. The second-order valence-electron chi connectivity index (χ2n) is 8.38. The predicted molar refractivity (Wildman–Crippen MR) is 121 cm³/mol. The molecule has 0 spiro atoms. The van der Waals surface area contributed by atoms with Crippen LogP contribution in [0, 0.1) is 6.92 Å². The Balaban J connectivity index is 1.33. The normalized spacial score (nSPS) is 15.4. The summed E-state index contributed by atoms with van der Waals surface area (Å²) in [5.74, 6) is 0.672. The fourth-order valence-electron chi connectivity index (χ4n) is 4.38. The summed E-state index contributed by atoms with van der Waals surface area (Å²) in [5, 5.41) is 4.45. The Kier molecular flexibility index (Phi) is 6.00. The third kappa shape index (κ3) is 4.62. The number of hydrogen-bond acceptors (Lipinski definition) is 4. The molecule has 2 aromatic carbocycles. The van der Waals surface area contributed by atoms with Crippen LogP contribution in [0.4, 0.5) is 5.69 Å². The number of nitrogen functional groups attached to an aromatic ring is 1. The van der Waals surface area contributed by atoms with E-state index in [1.165, 1.54) is 11.1 Å². The maximum Gasteiger partial charge on any atom is 0.167 e. The molecule has 0 unspecified atom stereocenters. The minimum Gasteiger partial charge on any atom is -0.398 e. The Morgan fingerprint density at radius 2 is 1.77 bits per heavy atom. The average Bonchev–Trinajstić information content (AvgIpc) is 3.07. The van der Waals surface area contributed by atoms with Gasteiger partial charge in [0.1, 0.15) is 0 Å². The van der Waals surface area contributed by atoms with E-state index in [1.807, 2.05) is 48.1 Å². The zero-order valence-electron chi connectivity index (χ0n) is 17.8. The molecule has 3 aromatic rings. The highest BCUT2D eigenvalue weighted by Gasteiger charge is 2.22. The molecule has 2 heterocycles. The van der Waals surface area contributed by atoms with Crippen LogP contribution in [0.25, 0.3) is 0 Å². The monoisotopic (exact) mass is 402 g/mol. The molecular formula is C25H30N4O. The summed E-state index contributed by atoms with van der Waals surface area (Å²) in [6.07, 6.45) is 4.76. The lowest BCUT2D eigenvalue weighted by Gasteiger charge is -2.32. The Labute approximate surface area is 178 Å². The highest BCUT2D eigenvalue weighted by molar-refractivity contribution is 5.98. The molecule has 0 amide bonds. The predicted octanol–water partition coefficient (Wildman–Crippen LogP) is 4.12. The van der Waals surface area contributed by atoms with Crippen LogP contribution in [0.15, 0.2) is 54.7 Å². The van der Waals surface area contributed by atoms with Crippen molar-refractivity contribution in [2.75, 3.05) is 18.8 Å². The Morgan fingerprint density at radius 1 is 1.07 bits per heavy atom. The molecule has 4 rings (SSSR count). The van der Waals surface area contributed by atoms with E-state index in [0.717, 1.165) is 49.3 Å². The quantitative estimate of drug-likeness (QED) is 0.498. The highest BCUT2D eigenvalue weighted by Crippen LogP contribution is 2.29. The Hall–Kier alpha value is -2.92. The summed E-state index contributed by atoms with van der Waals surface area (Å²) in [4.78, 5) is 15.1. The lowest BCUT2D eigenvalue weighted by Crippen LogP contribution is -2.32. The van der Waals surface area contributed by atoms with Crippen LogP contribution in [0.2, 0.25) is 0 Å². The Bertz CT molecular complexity index is 1010. The third-order valence-corrected chi connectivity index (χ3v) is 6.21. The second kappa shape index (κ2) is 8.84. The Morgan fingerprint density at radius 3 is 2.40 bits per heavy atom. The molecule has 1 aliphatic rings. The molecule has 2 N–H and O–H groups in total. The number of rotatable bonds is 6. The molecule has 5 heteroatoms. The van der Waals surface area contributed by atoms with Crippen LogP contribution in [0.1, 0.15) is 51.5 Å². The third-order valence-electron chi connectivity index (χ3n) is 6.21. The largest absolute Gasteiger partial charge is 0.398 e. The first-order chi connectivity index (χ1) is 14.5. The molecule has 0 bridgehead atoms. The van der Waals surface area contributed by atoms with Gasteiger partial charge in [-0.3, -0.25) is 14.4 Å². The van der Waals surface area contributed by atoms with Gasteiger partial charge in [-0.2, -0.15) is 5.10 Å². The summed E-state index contributed by atoms with van der Waals surface area (Å²) in [6, 6.07) is 15.8. The second-order valence-corrected chi connectivity index (χ2v) is 8.38. The number of aromatic nitrogens is 2. The number of nitrogens with two attached hydrogens (primary N) is 1. The van der Waals surface area contributed by atoms with E-state index in [0.29, 0.717) is 18.0 Å². The van der Waals surface area contributed by atoms with Gasteiger partial charge in [0.2, 0.25) is 0 Å². The van der Waals surface area contributed by atoms with Gasteiger partial charge in [0.05, 0.1) is 5.69 Å². The van der Waals surface area contributed by atoms with Gasteiger partial charge in [-0.05, 0) is 56.0 Å². The van der Waals surface area contributed by atoms with Crippen LogP contribution in [0.5, 0.6) is 0 Å². The number of likely N-dealkylation sites (tertiary alicyclic amines) is 1. The topological polar surface area (TPSA) is 64.2 Å². The molecule has 0 atom stereocenters. The van der Waals surface area contributed by atoms with Gasteiger partial charge in [-0.1, -0.05) is 42.5 Å². The number of ketones is 1. The number of hydrogen-bond donors (Lipinski definition) is 1. The van der Waals surface area contributed by atoms with E-state index >= 15 is 0 Å². The number of anilines is 1. The standard InChI is InChI=1S/C25H30N4O/c1-18-23(16-28(2)27-18)17-29-13-11-20(12-14-29)19-7-9-21(10-8-19)25(30)15-22-5-3-4-6-24(22)26/h3-10,16,20H,11-15,17,26H2,1-2H3. The van der Waals surface area contributed by atoms with E-state index in [-0.39, 0.29) is 5.78 Å². The first-order valence-corrected chi connectivity index (χ1v) is 10.7.